The van der Waals surface area contributed by atoms with Crippen molar-refractivity contribution >= 4 is 21.4 Å². The third-order valence-corrected chi connectivity index (χ3v) is 5.17. The summed E-state index contributed by atoms with van der Waals surface area (Å²) in [4.78, 5) is 13.8. The molecule has 1 heterocycles. The molecule has 5 nitrogen and oxygen atoms in total. The van der Waals surface area contributed by atoms with Gasteiger partial charge in [-0.05, 0) is 37.1 Å². The molecule has 1 saturated heterocycles. The van der Waals surface area contributed by atoms with Gasteiger partial charge < -0.3 is 10.6 Å². The Morgan fingerprint density at radius 3 is 2.58 bits per heavy atom. The second kappa shape index (κ2) is 4.85. The Hall–Kier alpha value is -1.56. The first-order valence-corrected chi connectivity index (χ1v) is 7.95. The van der Waals surface area contributed by atoms with E-state index in [2.05, 4.69) is 0 Å². The van der Waals surface area contributed by atoms with Crippen LogP contribution in [0, 0.1) is 6.92 Å². The Bertz CT molecular complexity index is 590. The number of carbonyl (C=O) groups is 1. The van der Waals surface area contributed by atoms with Crippen molar-refractivity contribution in [2.45, 2.75) is 19.4 Å². The van der Waals surface area contributed by atoms with E-state index in [1.54, 1.807) is 25.2 Å². The van der Waals surface area contributed by atoms with E-state index in [-0.39, 0.29) is 23.5 Å². The van der Waals surface area contributed by atoms with Crippen molar-refractivity contribution in [3.05, 3.63) is 29.3 Å². The minimum atomic E-state index is -2.99. The smallest absolute Gasteiger partial charge is 0.253 e. The third kappa shape index (κ3) is 3.07. The lowest BCUT2D eigenvalue weighted by atomic mass is 10.1. The highest BCUT2D eigenvalue weighted by Gasteiger charge is 2.33. The molecule has 1 fully saturated rings. The molecule has 1 amide bonds. The van der Waals surface area contributed by atoms with Crippen LogP contribution in [-0.2, 0) is 9.84 Å². The number of rotatable bonds is 2. The highest BCUT2D eigenvalue weighted by atomic mass is 32.2. The quantitative estimate of drug-likeness (QED) is 0.815. The molecule has 0 bridgehead atoms. The van der Waals surface area contributed by atoms with Crippen LogP contribution >= 0.6 is 0 Å². The average Bonchev–Trinajstić information content (AvgIpc) is 2.66. The van der Waals surface area contributed by atoms with Crippen molar-refractivity contribution in [1.82, 2.24) is 4.90 Å². The second-order valence-electron chi connectivity index (χ2n) is 5.11. The molecule has 0 saturated carbocycles. The predicted molar refractivity (Wildman–Crippen MR) is 74.7 cm³/mol. The Morgan fingerprint density at radius 1 is 1.37 bits per heavy atom. The third-order valence-electron chi connectivity index (χ3n) is 3.42. The lowest BCUT2D eigenvalue weighted by Gasteiger charge is -2.23. The molecule has 19 heavy (non-hydrogen) atoms. The summed E-state index contributed by atoms with van der Waals surface area (Å²) in [5.41, 5.74) is 7.68. The molecule has 0 aliphatic carbocycles. The largest absolute Gasteiger partial charge is 0.399 e. The van der Waals surface area contributed by atoms with Gasteiger partial charge in [0.25, 0.3) is 5.91 Å². The molecule has 2 rings (SSSR count). The second-order valence-corrected chi connectivity index (χ2v) is 7.33. The van der Waals surface area contributed by atoms with Gasteiger partial charge in [0.2, 0.25) is 0 Å². The van der Waals surface area contributed by atoms with Gasteiger partial charge in [0.1, 0.15) is 0 Å². The highest BCUT2D eigenvalue weighted by Crippen LogP contribution is 2.20. The molecule has 1 aromatic rings. The molecule has 2 N–H and O–H groups in total. The normalized spacial score (nSPS) is 21.3. The molecule has 1 aromatic carbocycles. The number of benzene rings is 1. The number of carbonyl (C=O) groups excluding carboxylic acids is 1. The van der Waals surface area contributed by atoms with E-state index in [1.165, 1.54) is 4.90 Å². The number of hydrogen-bond acceptors (Lipinski definition) is 4. The van der Waals surface area contributed by atoms with Gasteiger partial charge in [-0.3, -0.25) is 4.79 Å². The van der Waals surface area contributed by atoms with Crippen LogP contribution in [0.25, 0.3) is 0 Å². The fourth-order valence-corrected chi connectivity index (χ4v) is 4.16. The van der Waals surface area contributed by atoms with Crippen LogP contribution in [0.1, 0.15) is 22.3 Å². The van der Waals surface area contributed by atoms with Crippen molar-refractivity contribution < 1.29 is 13.2 Å². The zero-order valence-corrected chi connectivity index (χ0v) is 11.9. The number of hydrogen-bond donors (Lipinski definition) is 1. The highest BCUT2D eigenvalue weighted by molar-refractivity contribution is 7.91. The van der Waals surface area contributed by atoms with Crippen molar-refractivity contribution in [3.63, 3.8) is 0 Å². The zero-order chi connectivity index (χ0) is 14.2. The fraction of sp³-hybridized carbons (Fsp3) is 0.462. The molecular formula is C13H18N2O3S. The topological polar surface area (TPSA) is 80.5 Å². The molecule has 1 aliphatic heterocycles. The maximum atomic E-state index is 12.3. The Kier molecular flexibility index (Phi) is 3.54. The van der Waals surface area contributed by atoms with E-state index in [9.17, 15) is 13.2 Å². The molecule has 1 atom stereocenters. The first kappa shape index (κ1) is 13.9. The van der Waals surface area contributed by atoms with Gasteiger partial charge in [-0.25, -0.2) is 8.42 Å². The van der Waals surface area contributed by atoms with Crippen molar-refractivity contribution in [3.8, 4) is 0 Å². The molecule has 1 unspecified atom stereocenters. The summed E-state index contributed by atoms with van der Waals surface area (Å²) in [5, 5.41) is 0. The van der Waals surface area contributed by atoms with E-state index < -0.39 is 9.84 Å². The predicted octanol–water partition coefficient (Wildman–Crippen LogP) is 0.836. The van der Waals surface area contributed by atoms with Crippen LogP contribution < -0.4 is 5.73 Å². The number of anilines is 1. The van der Waals surface area contributed by atoms with Crippen molar-refractivity contribution in [1.29, 1.82) is 0 Å². The molecule has 0 radical (unpaired) electrons. The maximum Gasteiger partial charge on any atom is 0.253 e. The number of nitrogen functional groups attached to an aromatic ring is 1. The molecular weight excluding hydrogens is 264 g/mol. The molecule has 0 aromatic heterocycles. The van der Waals surface area contributed by atoms with Crippen LogP contribution in [0.2, 0.25) is 0 Å². The van der Waals surface area contributed by atoms with Crippen molar-refractivity contribution in [2.75, 3.05) is 24.3 Å². The van der Waals surface area contributed by atoms with E-state index in [4.69, 9.17) is 5.73 Å². The number of amides is 1. The molecule has 1 aliphatic rings. The Balaban J connectivity index is 2.20. The molecule has 6 heteroatoms. The Morgan fingerprint density at radius 2 is 2.05 bits per heavy atom. The first-order valence-electron chi connectivity index (χ1n) is 6.13. The number of nitrogens with zero attached hydrogens (tertiary/aromatic N) is 1. The summed E-state index contributed by atoms with van der Waals surface area (Å²) in [6.45, 7) is 1.87. The number of nitrogens with two attached hydrogens (primary N) is 1. The van der Waals surface area contributed by atoms with E-state index >= 15 is 0 Å². The van der Waals surface area contributed by atoms with Gasteiger partial charge in [0.15, 0.2) is 9.84 Å². The number of sulfone groups is 1. The fourth-order valence-electron chi connectivity index (χ4n) is 2.39. The Labute approximate surface area is 113 Å². The van der Waals surface area contributed by atoms with Gasteiger partial charge in [0, 0.05) is 24.3 Å². The van der Waals surface area contributed by atoms with Gasteiger partial charge in [-0.2, -0.15) is 0 Å². The van der Waals surface area contributed by atoms with Crippen LogP contribution in [-0.4, -0.2) is 43.8 Å². The van der Waals surface area contributed by atoms with Gasteiger partial charge in [0.05, 0.1) is 11.5 Å². The van der Waals surface area contributed by atoms with Crippen molar-refractivity contribution in [2.24, 2.45) is 0 Å². The first-order chi connectivity index (χ1) is 8.78. The van der Waals surface area contributed by atoms with E-state index in [1.807, 2.05) is 6.92 Å². The minimum absolute atomic E-state index is 0.0521. The number of aryl methyl sites for hydroxylation is 1. The van der Waals surface area contributed by atoms with Gasteiger partial charge >= 0.3 is 0 Å². The van der Waals surface area contributed by atoms with E-state index in [0.29, 0.717) is 17.7 Å². The van der Waals surface area contributed by atoms with Crippen LogP contribution in [0.3, 0.4) is 0 Å². The summed E-state index contributed by atoms with van der Waals surface area (Å²) in [6.07, 6.45) is 0.506. The minimum Gasteiger partial charge on any atom is -0.399 e. The summed E-state index contributed by atoms with van der Waals surface area (Å²) < 4.78 is 22.9. The SMILES string of the molecule is Cc1cc(N)cc(C(=O)N(C)C2CCS(=O)(=O)C2)c1. The van der Waals surface area contributed by atoms with Crippen LogP contribution in [0.15, 0.2) is 18.2 Å². The summed E-state index contributed by atoms with van der Waals surface area (Å²) in [6, 6.07) is 4.93. The average molecular weight is 282 g/mol. The van der Waals surface area contributed by atoms with Crippen LogP contribution in [0.4, 0.5) is 5.69 Å². The van der Waals surface area contributed by atoms with Gasteiger partial charge in [-0.15, -0.1) is 0 Å². The maximum absolute atomic E-state index is 12.3. The molecule has 0 spiro atoms. The standard InChI is InChI=1S/C13H18N2O3S/c1-9-5-10(7-11(14)6-9)13(16)15(2)12-3-4-19(17,18)8-12/h5-7,12H,3-4,8,14H2,1-2H3. The molecule has 104 valence electrons. The monoisotopic (exact) mass is 282 g/mol. The lowest BCUT2D eigenvalue weighted by Crippen LogP contribution is -2.37. The summed E-state index contributed by atoms with van der Waals surface area (Å²) in [7, 11) is -1.35. The van der Waals surface area contributed by atoms with Gasteiger partial charge in [-0.1, -0.05) is 0 Å². The lowest BCUT2D eigenvalue weighted by molar-refractivity contribution is 0.0747. The summed E-state index contributed by atoms with van der Waals surface area (Å²) >= 11 is 0. The zero-order valence-electron chi connectivity index (χ0n) is 11.1. The van der Waals surface area contributed by atoms with E-state index in [0.717, 1.165) is 5.56 Å². The summed E-state index contributed by atoms with van der Waals surface area (Å²) in [5.74, 6) is 0.0272. The van der Waals surface area contributed by atoms with Crippen LogP contribution in [0.5, 0.6) is 0 Å².